The number of carbonyl (C=O) groups excluding carboxylic acids is 2. The maximum absolute atomic E-state index is 13.6. The van der Waals surface area contributed by atoms with Crippen LogP contribution in [0.15, 0.2) is 48.8 Å². The normalized spacial score (nSPS) is 23.3. The Labute approximate surface area is 209 Å². The van der Waals surface area contributed by atoms with Crippen LogP contribution in [0.4, 0.5) is 5.69 Å². The van der Waals surface area contributed by atoms with E-state index in [-0.39, 0.29) is 11.8 Å². The van der Waals surface area contributed by atoms with Gasteiger partial charge in [-0.25, -0.2) is 0 Å². The number of hydrogen-bond acceptors (Lipinski definition) is 4. The van der Waals surface area contributed by atoms with Gasteiger partial charge in [-0.1, -0.05) is 37.5 Å². The molecule has 2 fully saturated rings. The molecule has 35 heavy (non-hydrogen) atoms. The number of fused-ring (bicyclic) bond motifs is 3. The molecule has 2 bridgehead atoms. The molecule has 3 aliphatic rings. The Morgan fingerprint density at radius 2 is 1.74 bits per heavy atom. The fourth-order valence-electron chi connectivity index (χ4n) is 6.09. The van der Waals surface area contributed by atoms with Crippen molar-refractivity contribution in [3.63, 3.8) is 0 Å². The van der Waals surface area contributed by atoms with E-state index in [4.69, 9.17) is 0 Å². The second kappa shape index (κ2) is 10.9. The first-order valence-electron chi connectivity index (χ1n) is 13.4. The van der Waals surface area contributed by atoms with Crippen molar-refractivity contribution < 1.29 is 9.59 Å². The van der Waals surface area contributed by atoms with Gasteiger partial charge in [0, 0.05) is 69.7 Å². The van der Waals surface area contributed by atoms with Crippen molar-refractivity contribution >= 4 is 17.5 Å². The summed E-state index contributed by atoms with van der Waals surface area (Å²) < 4.78 is 0. The fraction of sp³-hybridized carbons (Fsp3) is 0.552. The van der Waals surface area contributed by atoms with Gasteiger partial charge in [0.1, 0.15) is 0 Å². The molecule has 186 valence electrons. The average molecular weight is 475 g/mol. The van der Waals surface area contributed by atoms with E-state index in [2.05, 4.69) is 33.0 Å². The molecule has 6 nitrogen and oxygen atoms in total. The van der Waals surface area contributed by atoms with Crippen LogP contribution in [0.5, 0.6) is 0 Å². The van der Waals surface area contributed by atoms with Gasteiger partial charge in [0.2, 0.25) is 11.8 Å². The molecule has 1 saturated heterocycles. The summed E-state index contributed by atoms with van der Waals surface area (Å²) in [4.78, 5) is 37.1. The van der Waals surface area contributed by atoms with Gasteiger partial charge in [-0.3, -0.25) is 19.5 Å². The molecule has 2 amide bonds. The molecule has 1 aromatic heterocycles. The summed E-state index contributed by atoms with van der Waals surface area (Å²) >= 11 is 0. The molecule has 2 aromatic rings. The smallest absolute Gasteiger partial charge is 0.223 e. The van der Waals surface area contributed by atoms with Crippen LogP contribution in [0, 0.1) is 5.92 Å². The van der Waals surface area contributed by atoms with Crippen molar-refractivity contribution in [1.82, 2.24) is 14.8 Å². The number of anilines is 1. The maximum Gasteiger partial charge on any atom is 0.223 e. The molecule has 0 N–H and O–H groups in total. The van der Waals surface area contributed by atoms with Crippen LogP contribution < -0.4 is 4.90 Å². The lowest BCUT2D eigenvalue weighted by Gasteiger charge is -2.34. The van der Waals surface area contributed by atoms with Crippen LogP contribution >= 0.6 is 0 Å². The van der Waals surface area contributed by atoms with Crippen LogP contribution in [0.2, 0.25) is 0 Å². The molecular weight excluding hydrogens is 436 g/mol. The predicted molar refractivity (Wildman–Crippen MR) is 138 cm³/mol. The number of benzene rings is 1. The highest BCUT2D eigenvalue weighted by Crippen LogP contribution is 2.34. The number of nitrogens with zero attached hydrogens (tertiary/aromatic N) is 4. The molecule has 3 heterocycles. The lowest BCUT2D eigenvalue weighted by molar-refractivity contribution is -0.133. The van der Waals surface area contributed by atoms with Gasteiger partial charge in [-0.2, -0.15) is 0 Å². The number of aromatic nitrogens is 1. The standard InChI is InChI=1S/C29H38N4O2/c1-22(34)32-18-15-26-10-11-27(33(26)19-24-13-16-30-17-14-24)21-31(20-25-7-2-3-8-28(25)32)29(35)12-9-23-5-4-6-23/h2-3,7-8,13-14,16-17,23,26-27H,4-6,9-12,15,18-21H2,1H3. The molecule has 1 saturated carbocycles. The highest BCUT2D eigenvalue weighted by atomic mass is 16.2. The zero-order valence-corrected chi connectivity index (χ0v) is 20.9. The molecule has 5 rings (SSSR count). The second-order valence-electron chi connectivity index (χ2n) is 10.6. The first kappa shape index (κ1) is 24.0. The minimum absolute atomic E-state index is 0.0646. The van der Waals surface area contributed by atoms with Gasteiger partial charge in [-0.15, -0.1) is 0 Å². The molecule has 0 radical (unpaired) electrons. The van der Waals surface area contributed by atoms with E-state index in [1.54, 1.807) is 6.92 Å². The number of hydrogen-bond donors (Lipinski definition) is 0. The number of pyridine rings is 1. The highest BCUT2D eigenvalue weighted by molar-refractivity contribution is 5.92. The van der Waals surface area contributed by atoms with Crippen LogP contribution in [0.3, 0.4) is 0 Å². The van der Waals surface area contributed by atoms with E-state index in [0.29, 0.717) is 31.6 Å². The molecule has 2 aliphatic heterocycles. The SMILES string of the molecule is CC(=O)N1CCC2CCC(CN(C(=O)CCC3CCC3)Cc3ccccc31)N2Cc1ccncc1. The Kier molecular flexibility index (Phi) is 7.47. The Morgan fingerprint density at radius 1 is 0.971 bits per heavy atom. The first-order chi connectivity index (χ1) is 17.1. The largest absolute Gasteiger partial charge is 0.337 e. The van der Waals surface area contributed by atoms with Crippen molar-refractivity contribution in [2.75, 3.05) is 18.0 Å². The summed E-state index contributed by atoms with van der Waals surface area (Å²) in [5.41, 5.74) is 3.27. The summed E-state index contributed by atoms with van der Waals surface area (Å²) in [7, 11) is 0. The minimum atomic E-state index is 0.0646. The van der Waals surface area contributed by atoms with Crippen LogP contribution in [-0.2, 0) is 22.7 Å². The lowest BCUT2D eigenvalue weighted by Crippen LogP contribution is -2.45. The van der Waals surface area contributed by atoms with E-state index in [0.717, 1.165) is 55.9 Å². The Bertz CT molecular complexity index is 1020. The van der Waals surface area contributed by atoms with Crippen LogP contribution in [0.25, 0.3) is 0 Å². The monoisotopic (exact) mass is 474 g/mol. The van der Waals surface area contributed by atoms with Crippen molar-refractivity contribution in [3.05, 3.63) is 59.9 Å². The maximum atomic E-state index is 13.6. The topological polar surface area (TPSA) is 56.8 Å². The minimum Gasteiger partial charge on any atom is -0.337 e. The zero-order valence-electron chi connectivity index (χ0n) is 20.9. The predicted octanol–water partition coefficient (Wildman–Crippen LogP) is 4.78. The number of amides is 2. The quantitative estimate of drug-likeness (QED) is 0.626. The second-order valence-corrected chi connectivity index (χ2v) is 10.6. The third-order valence-electron chi connectivity index (χ3n) is 8.37. The Hall–Kier alpha value is -2.73. The van der Waals surface area contributed by atoms with Gasteiger partial charge in [-0.05, 0) is 60.9 Å². The molecule has 0 spiro atoms. The first-order valence-corrected chi connectivity index (χ1v) is 13.4. The molecule has 2 atom stereocenters. The van der Waals surface area contributed by atoms with Crippen LogP contribution in [-0.4, -0.2) is 51.8 Å². The zero-order chi connectivity index (χ0) is 24.2. The van der Waals surface area contributed by atoms with Gasteiger partial charge in [0.05, 0.1) is 0 Å². The third kappa shape index (κ3) is 5.58. The van der Waals surface area contributed by atoms with Gasteiger partial charge in [0.15, 0.2) is 0 Å². The summed E-state index contributed by atoms with van der Waals surface area (Å²) in [5.74, 6) is 1.05. The number of carbonyl (C=O) groups is 2. The third-order valence-corrected chi connectivity index (χ3v) is 8.37. The van der Waals surface area contributed by atoms with E-state index in [1.807, 2.05) is 35.5 Å². The fourth-order valence-corrected chi connectivity index (χ4v) is 6.09. The van der Waals surface area contributed by atoms with E-state index in [1.165, 1.54) is 24.8 Å². The lowest BCUT2D eigenvalue weighted by atomic mass is 9.82. The Balaban J connectivity index is 1.44. The summed E-state index contributed by atoms with van der Waals surface area (Å²) in [6.07, 6.45) is 12.3. The summed E-state index contributed by atoms with van der Waals surface area (Å²) in [5, 5.41) is 0. The van der Waals surface area contributed by atoms with Crippen molar-refractivity contribution in [2.24, 2.45) is 5.92 Å². The van der Waals surface area contributed by atoms with Crippen molar-refractivity contribution in [2.45, 2.75) is 83.5 Å². The average Bonchev–Trinajstić information content (AvgIpc) is 3.18. The highest BCUT2D eigenvalue weighted by Gasteiger charge is 2.36. The van der Waals surface area contributed by atoms with Crippen molar-refractivity contribution in [1.29, 1.82) is 0 Å². The number of rotatable bonds is 5. The molecular formula is C29H38N4O2. The molecule has 2 unspecified atom stereocenters. The van der Waals surface area contributed by atoms with Gasteiger partial charge in [0.25, 0.3) is 0 Å². The Morgan fingerprint density at radius 3 is 2.49 bits per heavy atom. The van der Waals surface area contributed by atoms with Crippen molar-refractivity contribution in [3.8, 4) is 0 Å². The molecule has 1 aromatic carbocycles. The van der Waals surface area contributed by atoms with Gasteiger partial charge < -0.3 is 9.80 Å². The summed E-state index contributed by atoms with van der Waals surface area (Å²) in [6, 6.07) is 13.0. The van der Waals surface area contributed by atoms with E-state index >= 15 is 0 Å². The van der Waals surface area contributed by atoms with Crippen LogP contribution in [0.1, 0.15) is 69.4 Å². The molecule has 1 aliphatic carbocycles. The van der Waals surface area contributed by atoms with E-state index < -0.39 is 0 Å². The van der Waals surface area contributed by atoms with Gasteiger partial charge >= 0.3 is 0 Å². The summed E-state index contributed by atoms with van der Waals surface area (Å²) in [6.45, 7) is 4.53. The molecule has 6 heteroatoms. The van der Waals surface area contributed by atoms with E-state index in [9.17, 15) is 9.59 Å². The number of para-hydroxylation sites is 1.